The minimum absolute atomic E-state index is 0.0107. The van der Waals surface area contributed by atoms with Gasteiger partial charge in [-0.1, -0.05) is 5.92 Å². The minimum Gasteiger partial charge on any atom is -0.379 e. The highest BCUT2D eigenvalue weighted by Crippen LogP contribution is 2.22. The summed E-state index contributed by atoms with van der Waals surface area (Å²) in [6, 6.07) is -0.674. The molecule has 0 radical (unpaired) electrons. The molecule has 2 N–H and O–H groups in total. The van der Waals surface area contributed by atoms with Crippen LogP contribution in [0.25, 0.3) is 0 Å². The van der Waals surface area contributed by atoms with Gasteiger partial charge >= 0.3 is 0 Å². The molecule has 0 aliphatic carbocycles. The molecule has 7 heteroatoms. The molecule has 0 bridgehead atoms. The van der Waals surface area contributed by atoms with Gasteiger partial charge in [0.05, 0.1) is 37.2 Å². The van der Waals surface area contributed by atoms with E-state index in [1.165, 1.54) is 4.90 Å². The third kappa shape index (κ3) is 3.08. The SMILES string of the molecule is C#CCN(C(=O)C1COCC1N)C1CCS(=O)(=O)C1. The summed E-state index contributed by atoms with van der Waals surface area (Å²) in [6.07, 6.45) is 5.72. The molecule has 19 heavy (non-hydrogen) atoms. The monoisotopic (exact) mass is 286 g/mol. The van der Waals surface area contributed by atoms with Crippen molar-refractivity contribution in [2.75, 3.05) is 31.3 Å². The van der Waals surface area contributed by atoms with Crippen LogP contribution in [0.5, 0.6) is 0 Å². The molecule has 2 fully saturated rings. The summed E-state index contributed by atoms with van der Waals surface area (Å²) in [5.41, 5.74) is 5.82. The van der Waals surface area contributed by atoms with Gasteiger partial charge in [-0.3, -0.25) is 4.79 Å². The van der Waals surface area contributed by atoms with Crippen LogP contribution in [0.4, 0.5) is 0 Å². The van der Waals surface area contributed by atoms with Crippen molar-refractivity contribution in [3.05, 3.63) is 0 Å². The van der Waals surface area contributed by atoms with Crippen LogP contribution in [0.15, 0.2) is 0 Å². The lowest BCUT2D eigenvalue weighted by Gasteiger charge is -2.29. The highest BCUT2D eigenvalue weighted by molar-refractivity contribution is 7.91. The second-order valence-corrected chi connectivity index (χ2v) is 7.26. The van der Waals surface area contributed by atoms with Gasteiger partial charge in [0.25, 0.3) is 0 Å². The van der Waals surface area contributed by atoms with E-state index in [1.54, 1.807) is 0 Å². The summed E-state index contributed by atoms with van der Waals surface area (Å²) >= 11 is 0. The van der Waals surface area contributed by atoms with Gasteiger partial charge < -0.3 is 15.4 Å². The molecule has 0 saturated carbocycles. The van der Waals surface area contributed by atoms with Crippen molar-refractivity contribution >= 4 is 15.7 Å². The average Bonchev–Trinajstić information content (AvgIpc) is 2.91. The first kappa shape index (κ1) is 14.3. The maximum atomic E-state index is 12.4. The quantitative estimate of drug-likeness (QED) is 0.645. The Labute approximate surface area is 113 Å². The first-order chi connectivity index (χ1) is 8.94. The number of amides is 1. The predicted molar refractivity (Wildman–Crippen MR) is 69.9 cm³/mol. The van der Waals surface area contributed by atoms with E-state index in [1.807, 2.05) is 0 Å². The molecular weight excluding hydrogens is 268 g/mol. The van der Waals surface area contributed by atoms with E-state index in [4.69, 9.17) is 16.9 Å². The van der Waals surface area contributed by atoms with E-state index in [0.717, 1.165) is 0 Å². The van der Waals surface area contributed by atoms with Crippen molar-refractivity contribution in [1.29, 1.82) is 0 Å². The summed E-state index contributed by atoms with van der Waals surface area (Å²) in [7, 11) is -3.05. The van der Waals surface area contributed by atoms with Crippen molar-refractivity contribution in [1.82, 2.24) is 4.90 Å². The van der Waals surface area contributed by atoms with E-state index >= 15 is 0 Å². The summed E-state index contributed by atoms with van der Waals surface area (Å²) in [5.74, 6) is 1.91. The molecule has 2 aliphatic heterocycles. The van der Waals surface area contributed by atoms with Gasteiger partial charge in [-0.25, -0.2) is 8.42 Å². The number of carbonyl (C=O) groups excluding carboxylic acids is 1. The van der Waals surface area contributed by atoms with Crippen LogP contribution in [0.3, 0.4) is 0 Å². The predicted octanol–water partition coefficient (Wildman–Crippen LogP) is -1.39. The van der Waals surface area contributed by atoms with Crippen LogP contribution in [0.1, 0.15) is 6.42 Å². The van der Waals surface area contributed by atoms with Crippen molar-refractivity contribution in [3.63, 3.8) is 0 Å². The number of terminal acetylenes is 1. The Bertz CT molecular complexity index is 496. The highest BCUT2D eigenvalue weighted by atomic mass is 32.2. The third-order valence-electron chi connectivity index (χ3n) is 3.64. The van der Waals surface area contributed by atoms with Gasteiger partial charge in [0, 0.05) is 12.1 Å². The molecule has 3 unspecified atom stereocenters. The minimum atomic E-state index is -3.05. The zero-order chi connectivity index (χ0) is 14.0. The Kier molecular flexibility index (Phi) is 4.13. The number of sulfone groups is 1. The van der Waals surface area contributed by atoms with Gasteiger partial charge in [0.15, 0.2) is 9.84 Å². The van der Waals surface area contributed by atoms with Gasteiger partial charge in [-0.15, -0.1) is 6.42 Å². The standard InChI is InChI=1S/C12H18N2O4S/c1-2-4-14(9-3-5-19(16,17)8-9)12(15)10-6-18-7-11(10)13/h1,9-11H,3-8,13H2. The molecule has 2 saturated heterocycles. The van der Waals surface area contributed by atoms with Gasteiger partial charge in [-0.05, 0) is 6.42 Å². The van der Waals surface area contributed by atoms with Crippen molar-refractivity contribution in [3.8, 4) is 12.3 Å². The molecule has 106 valence electrons. The van der Waals surface area contributed by atoms with E-state index in [0.29, 0.717) is 13.0 Å². The fourth-order valence-corrected chi connectivity index (χ4v) is 4.28. The lowest BCUT2D eigenvalue weighted by atomic mass is 10.0. The van der Waals surface area contributed by atoms with Crippen LogP contribution < -0.4 is 5.73 Å². The first-order valence-corrected chi connectivity index (χ1v) is 8.04. The molecular formula is C12H18N2O4S. The number of nitrogens with zero attached hydrogens (tertiary/aromatic N) is 1. The van der Waals surface area contributed by atoms with Crippen LogP contribution in [0, 0.1) is 18.3 Å². The molecule has 2 heterocycles. The molecule has 6 nitrogen and oxygen atoms in total. The number of hydrogen-bond donors (Lipinski definition) is 1. The van der Waals surface area contributed by atoms with E-state index in [2.05, 4.69) is 5.92 Å². The maximum Gasteiger partial charge on any atom is 0.230 e. The lowest BCUT2D eigenvalue weighted by Crippen LogP contribution is -2.48. The first-order valence-electron chi connectivity index (χ1n) is 6.22. The zero-order valence-corrected chi connectivity index (χ0v) is 11.4. The van der Waals surface area contributed by atoms with Crippen LogP contribution >= 0.6 is 0 Å². The third-order valence-corrected chi connectivity index (χ3v) is 5.39. The summed E-state index contributed by atoms with van der Waals surface area (Å²) in [6.45, 7) is 0.742. The number of nitrogens with two attached hydrogens (primary N) is 1. The van der Waals surface area contributed by atoms with Crippen molar-refractivity contribution < 1.29 is 17.9 Å². The Morgan fingerprint density at radius 1 is 1.47 bits per heavy atom. The summed E-state index contributed by atoms with van der Waals surface area (Å²) < 4.78 is 28.2. The second-order valence-electron chi connectivity index (χ2n) is 5.03. The maximum absolute atomic E-state index is 12.4. The van der Waals surface area contributed by atoms with Crippen molar-refractivity contribution in [2.45, 2.75) is 18.5 Å². The van der Waals surface area contributed by atoms with E-state index in [-0.39, 0.29) is 42.6 Å². The second kappa shape index (κ2) is 5.49. The Morgan fingerprint density at radius 2 is 2.21 bits per heavy atom. The van der Waals surface area contributed by atoms with Gasteiger partial charge in [0.1, 0.15) is 0 Å². The van der Waals surface area contributed by atoms with Crippen LogP contribution in [-0.4, -0.2) is 62.6 Å². The van der Waals surface area contributed by atoms with E-state index < -0.39 is 15.8 Å². The van der Waals surface area contributed by atoms with Gasteiger partial charge in [0.2, 0.25) is 5.91 Å². The molecule has 1 amide bonds. The number of ether oxygens (including phenoxy) is 1. The molecule has 3 atom stereocenters. The van der Waals surface area contributed by atoms with Crippen LogP contribution in [-0.2, 0) is 19.4 Å². The molecule has 0 aromatic rings. The normalized spacial score (nSPS) is 32.9. The zero-order valence-electron chi connectivity index (χ0n) is 10.6. The fourth-order valence-electron chi connectivity index (χ4n) is 2.54. The Balaban J connectivity index is 2.12. The molecule has 2 rings (SSSR count). The molecule has 0 aromatic heterocycles. The van der Waals surface area contributed by atoms with Crippen molar-refractivity contribution in [2.24, 2.45) is 11.7 Å². The Morgan fingerprint density at radius 3 is 2.68 bits per heavy atom. The summed E-state index contributed by atoms with van der Waals surface area (Å²) in [5, 5.41) is 0. The number of hydrogen-bond acceptors (Lipinski definition) is 5. The number of rotatable bonds is 3. The molecule has 2 aliphatic rings. The Hall–Kier alpha value is -1.10. The topological polar surface area (TPSA) is 89.7 Å². The molecule has 0 aromatic carbocycles. The van der Waals surface area contributed by atoms with E-state index in [9.17, 15) is 13.2 Å². The smallest absolute Gasteiger partial charge is 0.230 e. The lowest BCUT2D eigenvalue weighted by molar-refractivity contribution is -0.137. The number of carbonyl (C=O) groups is 1. The average molecular weight is 286 g/mol. The van der Waals surface area contributed by atoms with Gasteiger partial charge in [-0.2, -0.15) is 0 Å². The molecule has 0 spiro atoms. The van der Waals surface area contributed by atoms with Crippen LogP contribution in [0.2, 0.25) is 0 Å². The largest absolute Gasteiger partial charge is 0.379 e. The summed E-state index contributed by atoms with van der Waals surface area (Å²) in [4.78, 5) is 13.9. The fraction of sp³-hybridized carbons (Fsp3) is 0.750. The highest BCUT2D eigenvalue weighted by Gasteiger charge is 2.40.